The molecule has 1 aliphatic heterocycles. The van der Waals surface area contributed by atoms with Crippen LogP contribution in [0.1, 0.15) is 28.1 Å². The second kappa shape index (κ2) is 6.74. The van der Waals surface area contributed by atoms with Gasteiger partial charge in [0.15, 0.2) is 5.13 Å². The van der Waals surface area contributed by atoms with E-state index in [1.807, 2.05) is 29.2 Å². The number of aromatic nitrogens is 1. The van der Waals surface area contributed by atoms with Crippen LogP contribution in [0.2, 0.25) is 0 Å². The molecule has 1 atom stereocenters. The Morgan fingerprint density at radius 1 is 1.40 bits per heavy atom. The van der Waals surface area contributed by atoms with Crippen molar-refractivity contribution in [2.75, 3.05) is 18.4 Å². The van der Waals surface area contributed by atoms with Crippen molar-refractivity contribution < 1.29 is 4.79 Å². The third-order valence-electron chi connectivity index (χ3n) is 4.60. The lowest BCUT2D eigenvalue weighted by Crippen LogP contribution is -2.39. The van der Waals surface area contributed by atoms with Crippen molar-refractivity contribution >= 4 is 48.9 Å². The summed E-state index contributed by atoms with van der Waals surface area (Å²) in [5.74, 6) is 0.0940. The molecule has 2 aromatic heterocycles. The van der Waals surface area contributed by atoms with Gasteiger partial charge in [0, 0.05) is 24.8 Å². The summed E-state index contributed by atoms with van der Waals surface area (Å²) in [6, 6.07) is 10.3. The van der Waals surface area contributed by atoms with Gasteiger partial charge in [0.25, 0.3) is 5.91 Å². The molecule has 0 aliphatic carbocycles. The number of likely N-dealkylation sites (tertiary alicyclic amines) is 1. The Morgan fingerprint density at radius 3 is 3.00 bits per heavy atom. The number of carbonyl (C=O) groups is 1. The number of nitrogens with two attached hydrogens (primary N) is 1. The smallest absolute Gasteiger partial charge is 0.264 e. The first-order valence-corrected chi connectivity index (χ1v) is 10.0. The molecule has 1 saturated heterocycles. The summed E-state index contributed by atoms with van der Waals surface area (Å²) in [7, 11) is 0. The molecular weight excluding hydrogens is 352 g/mol. The molecule has 1 fully saturated rings. The Balaban J connectivity index is 1.55. The summed E-state index contributed by atoms with van der Waals surface area (Å²) in [5.41, 5.74) is 8.03. The first-order valence-electron chi connectivity index (χ1n) is 8.40. The molecule has 3 heterocycles. The number of hydrogen-bond acceptors (Lipinski definition) is 6. The zero-order valence-electron chi connectivity index (χ0n) is 14.0. The molecule has 1 aliphatic rings. The molecule has 0 saturated carbocycles. The fourth-order valence-corrected chi connectivity index (χ4v) is 5.30. The maximum Gasteiger partial charge on any atom is 0.264 e. The van der Waals surface area contributed by atoms with Crippen LogP contribution in [0.5, 0.6) is 0 Å². The Hall–Kier alpha value is -1.96. The van der Waals surface area contributed by atoms with Gasteiger partial charge in [-0.25, -0.2) is 4.98 Å². The average molecular weight is 373 g/mol. The second-order valence-corrected chi connectivity index (χ2v) is 8.33. The van der Waals surface area contributed by atoms with Crippen LogP contribution in [0.4, 0.5) is 10.8 Å². The number of anilines is 2. The number of carbonyl (C=O) groups excluding carboxylic acids is 1. The third kappa shape index (κ3) is 3.15. The van der Waals surface area contributed by atoms with Crippen LogP contribution >= 0.6 is 22.7 Å². The number of hydrogen-bond donors (Lipinski definition) is 2. The molecule has 4 rings (SSSR count). The molecule has 5 nitrogen and oxygen atoms in total. The van der Waals surface area contributed by atoms with Gasteiger partial charge in [-0.3, -0.25) is 4.79 Å². The topological polar surface area (TPSA) is 71.2 Å². The number of fused-ring (bicyclic) bond motifs is 1. The number of benzene rings is 1. The van der Waals surface area contributed by atoms with Crippen LogP contribution in [0, 0.1) is 6.92 Å². The van der Waals surface area contributed by atoms with Gasteiger partial charge >= 0.3 is 0 Å². The van der Waals surface area contributed by atoms with E-state index in [9.17, 15) is 4.79 Å². The van der Waals surface area contributed by atoms with E-state index >= 15 is 0 Å². The average Bonchev–Trinajstić information content (AvgIpc) is 3.30. The highest BCUT2D eigenvalue weighted by atomic mass is 32.1. The number of para-hydroxylation sites is 1. The van der Waals surface area contributed by atoms with Gasteiger partial charge in [0.1, 0.15) is 4.83 Å². The zero-order valence-corrected chi connectivity index (χ0v) is 15.6. The van der Waals surface area contributed by atoms with Crippen molar-refractivity contribution in [3.8, 4) is 0 Å². The largest absolute Gasteiger partial charge is 0.334 e. The second-order valence-electron chi connectivity index (χ2n) is 6.27. The molecule has 7 heteroatoms. The Morgan fingerprint density at radius 2 is 2.24 bits per heavy atom. The van der Waals surface area contributed by atoms with Gasteiger partial charge in [-0.1, -0.05) is 29.5 Å². The van der Waals surface area contributed by atoms with E-state index < -0.39 is 0 Å². The standard InChI is InChI=1S/C18H20N4OS2/c1-11-5-2-3-7-13(11)20-18-21-16-14(25-18)9-15(24-16)17(23)22-8-4-6-12(22)10-19/h2-3,5,7,9,12H,4,6,8,10,19H2,1H3,(H,20,21). The molecule has 3 N–H and O–H groups in total. The van der Waals surface area contributed by atoms with Crippen LogP contribution in [0.15, 0.2) is 30.3 Å². The normalized spacial score (nSPS) is 17.4. The number of aryl methyl sites for hydroxylation is 1. The van der Waals surface area contributed by atoms with E-state index in [1.165, 1.54) is 16.9 Å². The molecular formula is C18H20N4OS2. The highest BCUT2D eigenvalue weighted by Gasteiger charge is 2.29. The Kier molecular flexibility index (Phi) is 4.45. The quantitative estimate of drug-likeness (QED) is 0.727. The number of nitrogens with zero attached hydrogens (tertiary/aromatic N) is 2. The van der Waals surface area contributed by atoms with Gasteiger partial charge in [-0.2, -0.15) is 0 Å². The lowest BCUT2D eigenvalue weighted by molar-refractivity contribution is 0.0746. The molecule has 0 spiro atoms. The summed E-state index contributed by atoms with van der Waals surface area (Å²) in [6.07, 6.45) is 2.04. The summed E-state index contributed by atoms with van der Waals surface area (Å²) < 4.78 is 1.05. The van der Waals surface area contributed by atoms with Crippen molar-refractivity contribution in [1.29, 1.82) is 0 Å². The number of thiazole rings is 1. The van der Waals surface area contributed by atoms with Gasteiger partial charge in [0.05, 0.1) is 9.58 Å². The number of nitrogens with one attached hydrogen (secondary N) is 1. The van der Waals surface area contributed by atoms with E-state index in [-0.39, 0.29) is 11.9 Å². The van der Waals surface area contributed by atoms with E-state index in [2.05, 4.69) is 23.3 Å². The van der Waals surface area contributed by atoms with Crippen molar-refractivity contribution in [3.63, 3.8) is 0 Å². The van der Waals surface area contributed by atoms with E-state index in [4.69, 9.17) is 5.73 Å². The molecule has 3 aromatic rings. The van der Waals surface area contributed by atoms with Crippen LogP contribution in [0.25, 0.3) is 9.53 Å². The first kappa shape index (κ1) is 16.5. The van der Waals surface area contributed by atoms with Gasteiger partial charge in [-0.05, 0) is 37.5 Å². The molecule has 130 valence electrons. The van der Waals surface area contributed by atoms with Crippen LogP contribution in [0.3, 0.4) is 0 Å². The number of thiophene rings is 1. The maximum atomic E-state index is 12.7. The minimum absolute atomic E-state index is 0.0940. The van der Waals surface area contributed by atoms with Crippen LogP contribution in [-0.4, -0.2) is 34.9 Å². The Labute approximate surface area is 154 Å². The summed E-state index contributed by atoms with van der Waals surface area (Å²) in [5, 5.41) is 4.23. The molecule has 25 heavy (non-hydrogen) atoms. The fraction of sp³-hybridized carbons (Fsp3) is 0.333. The lowest BCUT2D eigenvalue weighted by atomic mass is 10.2. The predicted octanol–water partition coefficient (Wildman–Crippen LogP) is 3.97. The number of amides is 1. The summed E-state index contributed by atoms with van der Waals surface area (Å²) in [4.78, 5) is 21.0. The van der Waals surface area contributed by atoms with Crippen LogP contribution in [-0.2, 0) is 0 Å². The van der Waals surface area contributed by atoms with Crippen molar-refractivity contribution in [2.45, 2.75) is 25.8 Å². The molecule has 0 radical (unpaired) electrons. The summed E-state index contributed by atoms with van der Waals surface area (Å²) >= 11 is 3.05. The minimum Gasteiger partial charge on any atom is -0.334 e. The third-order valence-corrected chi connectivity index (χ3v) is 6.66. The highest BCUT2D eigenvalue weighted by Crippen LogP contribution is 2.35. The van der Waals surface area contributed by atoms with E-state index in [0.29, 0.717) is 6.54 Å². The fourth-order valence-electron chi connectivity index (χ4n) is 3.21. The highest BCUT2D eigenvalue weighted by molar-refractivity contribution is 7.29. The van der Waals surface area contributed by atoms with E-state index in [1.54, 1.807) is 11.3 Å². The minimum atomic E-state index is 0.0940. The van der Waals surface area contributed by atoms with E-state index in [0.717, 1.165) is 44.6 Å². The van der Waals surface area contributed by atoms with Crippen molar-refractivity contribution in [3.05, 3.63) is 40.8 Å². The first-order chi connectivity index (χ1) is 12.2. The van der Waals surface area contributed by atoms with Gasteiger partial charge in [0.2, 0.25) is 0 Å². The van der Waals surface area contributed by atoms with Gasteiger partial charge in [-0.15, -0.1) is 11.3 Å². The monoisotopic (exact) mass is 372 g/mol. The molecule has 1 aromatic carbocycles. The Bertz CT molecular complexity index is 885. The molecule has 1 unspecified atom stereocenters. The van der Waals surface area contributed by atoms with Crippen molar-refractivity contribution in [2.24, 2.45) is 5.73 Å². The summed E-state index contributed by atoms with van der Waals surface area (Å²) in [6.45, 7) is 3.41. The molecule has 1 amide bonds. The van der Waals surface area contributed by atoms with Crippen molar-refractivity contribution in [1.82, 2.24) is 9.88 Å². The zero-order chi connectivity index (χ0) is 17.4. The number of rotatable bonds is 4. The SMILES string of the molecule is Cc1ccccc1Nc1nc2sc(C(=O)N3CCCC3CN)cc2s1. The van der Waals surface area contributed by atoms with Gasteiger partial charge < -0.3 is 16.0 Å². The van der Waals surface area contributed by atoms with Crippen LogP contribution < -0.4 is 11.1 Å². The maximum absolute atomic E-state index is 12.7. The molecule has 0 bridgehead atoms. The lowest BCUT2D eigenvalue weighted by Gasteiger charge is -2.22. The predicted molar refractivity (Wildman–Crippen MR) is 105 cm³/mol.